The summed E-state index contributed by atoms with van der Waals surface area (Å²) in [6.07, 6.45) is 0. The molecule has 0 bridgehead atoms. The molecule has 0 aliphatic heterocycles. The first-order valence-corrected chi connectivity index (χ1v) is 3.12. The molecule has 0 atom stereocenters. The van der Waals surface area contributed by atoms with E-state index in [9.17, 15) is 10.1 Å². The molecule has 9 heavy (non-hydrogen) atoms. The summed E-state index contributed by atoms with van der Waals surface area (Å²) in [5.41, 5.74) is 0. The normalized spacial score (nSPS) is 9.33. The lowest BCUT2D eigenvalue weighted by Gasteiger charge is -1.79. The average Bonchev–Trinajstić information content (AvgIpc) is 2.14. The average molecular weight is 163 g/mol. The van der Waals surface area contributed by atoms with E-state index in [2.05, 4.69) is 22.4 Å². The molecule has 1 N–H and O–H groups in total. The molecule has 0 radical (unpaired) electrons. The molecule has 0 amide bonds. The minimum absolute atomic E-state index is 0.194. The first-order valence-electron chi connectivity index (χ1n) is 1.90. The van der Waals surface area contributed by atoms with Crippen molar-refractivity contribution in [1.82, 2.24) is 10.2 Å². The molecule has 1 heterocycles. The van der Waals surface area contributed by atoms with Crippen LogP contribution in [0.15, 0.2) is 0 Å². The summed E-state index contributed by atoms with van der Waals surface area (Å²) in [5, 5.41) is 15.3. The van der Waals surface area contributed by atoms with Crippen LogP contribution < -0.4 is 0 Å². The van der Waals surface area contributed by atoms with E-state index >= 15 is 0 Å². The van der Waals surface area contributed by atoms with E-state index in [1.165, 1.54) is 0 Å². The van der Waals surface area contributed by atoms with Crippen molar-refractivity contribution in [2.75, 3.05) is 0 Å². The second-order valence-corrected chi connectivity index (χ2v) is 2.80. The highest BCUT2D eigenvalue weighted by atomic mass is 32.1. The van der Waals surface area contributed by atoms with Crippen molar-refractivity contribution >= 4 is 28.7 Å². The summed E-state index contributed by atoms with van der Waals surface area (Å²) in [5.74, 6) is 0. The van der Waals surface area contributed by atoms with Gasteiger partial charge in [0, 0.05) is 0 Å². The molecule has 5 nitrogen and oxygen atoms in total. The first kappa shape index (κ1) is 6.30. The number of H-pyrrole nitrogens is 1. The van der Waals surface area contributed by atoms with Crippen LogP contribution in [0.5, 0.6) is 0 Å². The Balaban J connectivity index is 3.12. The van der Waals surface area contributed by atoms with E-state index in [1.54, 1.807) is 0 Å². The summed E-state index contributed by atoms with van der Waals surface area (Å²) in [4.78, 5) is 9.32. The van der Waals surface area contributed by atoms with Gasteiger partial charge in [-0.2, -0.15) is 5.10 Å². The highest BCUT2D eigenvalue weighted by Crippen LogP contribution is 2.12. The molecule has 0 aromatic carbocycles. The van der Waals surface area contributed by atoms with Crippen molar-refractivity contribution in [3.05, 3.63) is 14.1 Å². The van der Waals surface area contributed by atoms with Crippen molar-refractivity contribution in [2.45, 2.75) is 0 Å². The van der Waals surface area contributed by atoms with Gasteiger partial charge in [0.2, 0.25) is 3.95 Å². The lowest BCUT2D eigenvalue weighted by Crippen LogP contribution is -1.84. The second kappa shape index (κ2) is 2.19. The molecule has 0 spiro atoms. The molecule has 1 rings (SSSR count). The van der Waals surface area contributed by atoms with Gasteiger partial charge in [0.05, 0.1) is 5.10 Å². The minimum atomic E-state index is -0.586. The lowest BCUT2D eigenvalue weighted by molar-refractivity contribution is -0.385. The fourth-order valence-corrected chi connectivity index (χ4v) is 0.992. The summed E-state index contributed by atoms with van der Waals surface area (Å²) >= 11 is 5.39. The number of aromatic nitrogens is 2. The van der Waals surface area contributed by atoms with Crippen LogP contribution in [0.1, 0.15) is 0 Å². The van der Waals surface area contributed by atoms with Crippen molar-refractivity contribution in [3.63, 3.8) is 0 Å². The summed E-state index contributed by atoms with van der Waals surface area (Å²) in [7, 11) is 0. The third-order valence-electron chi connectivity index (χ3n) is 0.583. The van der Waals surface area contributed by atoms with Crippen LogP contribution >= 0.6 is 23.6 Å². The largest absolute Gasteiger partial charge is 0.448 e. The zero-order valence-corrected chi connectivity index (χ0v) is 5.66. The van der Waals surface area contributed by atoms with Crippen LogP contribution in [-0.4, -0.2) is 15.1 Å². The molecule has 7 heteroatoms. The summed E-state index contributed by atoms with van der Waals surface area (Å²) in [6.45, 7) is 0. The van der Waals surface area contributed by atoms with Crippen molar-refractivity contribution in [2.24, 2.45) is 0 Å². The number of nitrogens with zero attached hydrogens (tertiary/aromatic N) is 2. The van der Waals surface area contributed by atoms with E-state index in [4.69, 9.17) is 0 Å². The Hall–Kier alpha value is -0.820. The highest BCUT2D eigenvalue weighted by Gasteiger charge is 2.07. The van der Waals surface area contributed by atoms with Crippen LogP contribution in [0.25, 0.3) is 0 Å². The number of nitro groups is 1. The van der Waals surface area contributed by atoms with E-state index in [1.807, 2.05) is 0 Å². The maximum absolute atomic E-state index is 9.90. The van der Waals surface area contributed by atoms with Crippen LogP contribution in [0.3, 0.4) is 0 Å². The zero-order valence-electron chi connectivity index (χ0n) is 4.03. The number of hydrogen-bond acceptors (Lipinski definition) is 5. The predicted molar refractivity (Wildman–Crippen MR) is 34.0 cm³/mol. The van der Waals surface area contributed by atoms with Crippen LogP contribution in [0, 0.1) is 14.1 Å². The summed E-state index contributed by atoms with van der Waals surface area (Å²) in [6, 6.07) is 0. The molecule has 0 unspecified atom stereocenters. The number of hydrogen-bond donors (Lipinski definition) is 1. The van der Waals surface area contributed by atoms with Crippen LogP contribution in [0.2, 0.25) is 0 Å². The van der Waals surface area contributed by atoms with Gasteiger partial charge in [0.25, 0.3) is 0 Å². The molecule has 48 valence electrons. The molecule has 0 aliphatic rings. The van der Waals surface area contributed by atoms with Crippen molar-refractivity contribution in [3.8, 4) is 0 Å². The molecule has 0 fully saturated rings. The Bertz CT molecular complexity index is 275. The van der Waals surface area contributed by atoms with Gasteiger partial charge in [0.1, 0.15) is 0 Å². The molecule has 0 saturated carbocycles. The number of nitrogens with one attached hydrogen (secondary N) is 1. The van der Waals surface area contributed by atoms with Gasteiger partial charge in [-0.3, -0.25) is 0 Å². The third-order valence-corrected chi connectivity index (χ3v) is 1.62. The Kier molecular flexibility index (Phi) is 1.54. The quantitative estimate of drug-likeness (QED) is 0.382. The van der Waals surface area contributed by atoms with E-state index in [0.717, 1.165) is 11.3 Å². The zero-order chi connectivity index (χ0) is 6.85. The predicted octanol–water partition coefficient (Wildman–Crippen LogP) is 1.11. The van der Waals surface area contributed by atoms with Crippen molar-refractivity contribution < 1.29 is 4.92 Å². The van der Waals surface area contributed by atoms with Gasteiger partial charge in [-0.15, -0.1) is 0 Å². The highest BCUT2D eigenvalue weighted by molar-refractivity contribution is 7.73. The van der Waals surface area contributed by atoms with Crippen molar-refractivity contribution in [1.29, 1.82) is 0 Å². The maximum Gasteiger partial charge on any atom is 0.448 e. The standard InChI is InChI=1S/C2HN3O2S2/c6-5(7)1-3-4-2(8)9-1/h(H,4,8). The van der Waals surface area contributed by atoms with E-state index in [0.29, 0.717) is 3.95 Å². The van der Waals surface area contributed by atoms with Gasteiger partial charge in [-0.1, -0.05) is 0 Å². The number of aromatic amines is 1. The third kappa shape index (κ3) is 1.30. The van der Waals surface area contributed by atoms with Crippen LogP contribution in [0.4, 0.5) is 5.13 Å². The lowest BCUT2D eigenvalue weighted by atomic mass is 11.3. The SMILES string of the molecule is O=[N+]([O-])c1n[nH]c(=S)s1. The molecular weight excluding hydrogens is 162 g/mol. The second-order valence-electron chi connectivity index (χ2n) is 1.15. The van der Waals surface area contributed by atoms with Gasteiger partial charge in [-0.05, 0) is 28.5 Å². The smallest absolute Gasteiger partial charge is 0.357 e. The Morgan fingerprint density at radius 2 is 2.56 bits per heavy atom. The van der Waals surface area contributed by atoms with Crippen LogP contribution in [-0.2, 0) is 0 Å². The van der Waals surface area contributed by atoms with Gasteiger partial charge >= 0.3 is 5.13 Å². The topological polar surface area (TPSA) is 71.8 Å². The molecular formula is C2HN3O2S2. The Morgan fingerprint density at radius 3 is 2.78 bits per heavy atom. The fraction of sp³-hybridized carbons (Fsp3) is 0. The van der Waals surface area contributed by atoms with Gasteiger partial charge < -0.3 is 10.1 Å². The Morgan fingerprint density at radius 1 is 1.89 bits per heavy atom. The molecule has 0 saturated heterocycles. The molecule has 1 aromatic heterocycles. The Labute approximate surface area is 58.5 Å². The molecule has 0 aliphatic carbocycles. The monoisotopic (exact) mass is 163 g/mol. The van der Waals surface area contributed by atoms with Gasteiger partial charge in [-0.25, -0.2) is 0 Å². The summed E-state index contributed by atoms with van der Waals surface area (Å²) < 4.78 is 0.321. The minimum Gasteiger partial charge on any atom is -0.357 e. The maximum atomic E-state index is 9.90. The fourth-order valence-electron chi connectivity index (χ4n) is 0.300. The number of rotatable bonds is 1. The molecule has 1 aromatic rings. The van der Waals surface area contributed by atoms with E-state index in [-0.39, 0.29) is 5.13 Å². The van der Waals surface area contributed by atoms with E-state index < -0.39 is 4.92 Å². The van der Waals surface area contributed by atoms with Gasteiger partial charge in [0.15, 0.2) is 0 Å². The first-order chi connectivity index (χ1) is 4.20.